The van der Waals surface area contributed by atoms with Crippen LogP contribution in [0.25, 0.3) is 0 Å². The summed E-state index contributed by atoms with van der Waals surface area (Å²) in [5, 5.41) is 3.57. The molecule has 3 heteroatoms. The Balaban J connectivity index is 2.08. The highest BCUT2D eigenvalue weighted by Gasteiger charge is 2.22. The van der Waals surface area contributed by atoms with E-state index in [1.165, 1.54) is 50.5 Å². The van der Waals surface area contributed by atoms with Gasteiger partial charge in [0.05, 0.1) is 7.11 Å². The number of likely N-dealkylation sites (N-methyl/N-ethyl adjacent to an activating group) is 1. The number of nitrogens with one attached hydrogen (secondary N) is 1. The lowest BCUT2D eigenvalue weighted by Crippen LogP contribution is -2.36. The predicted octanol–water partition coefficient (Wildman–Crippen LogP) is 4.95. The summed E-state index contributed by atoms with van der Waals surface area (Å²) in [6.45, 7) is 0. The number of ether oxygens (including phenoxy) is 1. The Kier molecular flexibility index (Phi) is 7.05. The van der Waals surface area contributed by atoms with Crippen LogP contribution in [0.3, 0.4) is 0 Å². The smallest absolute Gasteiger partial charge is 0.122 e. The van der Waals surface area contributed by atoms with Crippen molar-refractivity contribution in [3.05, 3.63) is 28.2 Å². The van der Waals surface area contributed by atoms with Crippen LogP contribution in [0.1, 0.15) is 50.5 Å². The molecule has 1 fully saturated rings. The van der Waals surface area contributed by atoms with Crippen LogP contribution in [0.15, 0.2) is 22.7 Å². The number of methoxy groups -OCH3 is 1. The second kappa shape index (κ2) is 8.79. The van der Waals surface area contributed by atoms with E-state index in [4.69, 9.17) is 4.74 Å². The molecule has 2 nitrogen and oxygen atoms in total. The van der Waals surface area contributed by atoms with Gasteiger partial charge < -0.3 is 10.1 Å². The van der Waals surface area contributed by atoms with E-state index in [2.05, 4.69) is 40.4 Å². The first-order chi connectivity index (χ1) is 10.2. The molecule has 21 heavy (non-hydrogen) atoms. The normalized spacial score (nSPS) is 18.8. The van der Waals surface area contributed by atoms with E-state index in [1.807, 2.05) is 6.07 Å². The quantitative estimate of drug-likeness (QED) is 0.808. The van der Waals surface area contributed by atoms with Gasteiger partial charge in [-0.25, -0.2) is 0 Å². The predicted molar refractivity (Wildman–Crippen MR) is 93.1 cm³/mol. The molecule has 118 valence electrons. The van der Waals surface area contributed by atoms with Crippen LogP contribution in [-0.4, -0.2) is 20.2 Å². The summed E-state index contributed by atoms with van der Waals surface area (Å²) in [5.74, 6) is 1.79. The lowest BCUT2D eigenvalue weighted by Gasteiger charge is -2.29. The van der Waals surface area contributed by atoms with Gasteiger partial charge in [0.1, 0.15) is 5.75 Å². The van der Waals surface area contributed by atoms with Crippen LogP contribution < -0.4 is 10.1 Å². The van der Waals surface area contributed by atoms with Crippen molar-refractivity contribution in [1.29, 1.82) is 0 Å². The third kappa shape index (κ3) is 5.00. The Hall–Kier alpha value is -0.540. The minimum absolute atomic E-state index is 0.548. The second-order valence-corrected chi connectivity index (χ2v) is 7.08. The van der Waals surface area contributed by atoms with Crippen LogP contribution in [-0.2, 0) is 6.42 Å². The first-order valence-corrected chi connectivity index (χ1v) is 9.03. The Labute approximate surface area is 137 Å². The summed E-state index contributed by atoms with van der Waals surface area (Å²) in [4.78, 5) is 0. The molecular formula is C18H28BrNO. The van der Waals surface area contributed by atoms with Gasteiger partial charge in [-0.1, -0.05) is 48.0 Å². The molecule has 1 unspecified atom stereocenters. The fourth-order valence-corrected chi connectivity index (χ4v) is 3.95. The summed E-state index contributed by atoms with van der Waals surface area (Å²) in [6, 6.07) is 6.86. The van der Waals surface area contributed by atoms with E-state index >= 15 is 0 Å². The maximum Gasteiger partial charge on any atom is 0.122 e. The van der Waals surface area contributed by atoms with E-state index < -0.39 is 0 Å². The van der Waals surface area contributed by atoms with Gasteiger partial charge in [0, 0.05) is 10.5 Å². The molecule has 1 atom stereocenters. The standard InChI is InChI=1S/C18H28BrNO/c1-20-17(14-8-6-4-3-5-7-9-14)13-15-12-16(19)10-11-18(15)21-2/h10-12,14,17,20H,3-9,13H2,1-2H3. The number of hydrogen-bond donors (Lipinski definition) is 1. The summed E-state index contributed by atoms with van der Waals surface area (Å²) in [7, 11) is 3.87. The van der Waals surface area contributed by atoms with Gasteiger partial charge in [-0.3, -0.25) is 0 Å². The van der Waals surface area contributed by atoms with Crippen LogP contribution in [0.5, 0.6) is 5.75 Å². The molecule has 0 amide bonds. The molecule has 0 aromatic heterocycles. The van der Waals surface area contributed by atoms with E-state index in [-0.39, 0.29) is 0 Å². The molecular weight excluding hydrogens is 326 g/mol. The molecule has 1 aromatic rings. The molecule has 1 saturated carbocycles. The Morgan fingerprint density at radius 2 is 1.86 bits per heavy atom. The van der Waals surface area contributed by atoms with Crippen LogP contribution >= 0.6 is 15.9 Å². The molecule has 0 radical (unpaired) electrons. The molecule has 0 heterocycles. The third-order valence-electron chi connectivity index (χ3n) is 4.77. The van der Waals surface area contributed by atoms with Gasteiger partial charge in [-0.15, -0.1) is 0 Å². The van der Waals surface area contributed by atoms with Crippen molar-refractivity contribution in [2.45, 2.75) is 57.4 Å². The molecule has 0 bridgehead atoms. The molecule has 2 rings (SSSR count). The van der Waals surface area contributed by atoms with Gasteiger partial charge in [0.2, 0.25) is 0 Å². The monoisotopic (exact) mass is 353 g/mol. The maximum atomic E-state index is 5.53. The molecule has 1 aromatic carbocycles. The van der Waals surface area contributed by atoms with Crippen molar-refractivity contribution < 1.29 is 4.74 Å². The van der Waals surface area contributed by atoms with Crippen molar-refractivity contribution in [1.82, 2.24) is 5.32 Å². The maximum absolute atomic E-state index is 5.53. The first-order valence-electron chi connectivity index (χ1n) is 8.24. The van der Waals surface area contributed by atoms with E-state index in [9.17, 15) is 0 Å². The van der Waals surface area contributed by atoms with Crippen LogP contribution in [0, 0.1) is 5.92 Å². The minimum atomic E-state index is 0.548. The van der Waals surface area contributed by atoms with Crippen LogP contribution in [0.2, 0.25) is 0 Å². The number of benzene rings is 1. The highest BCUT2D eigenvalue weighted by atomic mass is 79.9. The fourth-order valence-electron chi connectivity index (χ4n) is 3.54. The topological polar surface area (TPSA) is 21.3 Å². The molecule has 0 spiro atoms. The fraction of sp³-hybridized carbons (Fsp3) is 0.667. The number of hydrogen-bond acceptors (Lipinski definition) is 2. The Bertz CT molecular complexity index is 427. The lowest BCUT2D eigenvalue weighted by molar-refractivity contribution is 0.291. The number of halogens is 1. The molecule has 1 aliphatic carbocycles. The van der Waals surface area contributed by atoms with E-state index in [0.717, 1.165) is 22.6 Å². The zero-order valence-corrected chi connectivity index (χ0v) is 14.9. The van der Waals surface area contributed by atoms with Crippen LogP contribution in [0.4, 0.5) is 0 Å². The average molecular weight is 354 g/mol. The highest BCUT2D eigenvalue weighted by molar-refractivity contribution is 9.10. The largest absolute Gasteiger partial charge is 0.496 e. The lowest BCUT2D eigenvalue weighted by atomic mass is 9.83. The second-order valence-electron chi connectivity index (χ2n) is 6.16. The van der Waals surface area contributed by atoms with Crippen molar-refractivity contribution in [3.63, 3.8) is 0 Å². The summed E-state index contributed by atoms with van der Waals surface area (Å²) in [5.41, 5.74) is 1.30. The average Bonchev–Trinajstić information content (AvgIpc) is 2.45. The van der Waals surface area contributed by atoms with Gasteiger partial charge in [0.15, 0.2) is 0 Å². The zero-order valence-electron chi connectivity index (χ0n) is 13.3. The molecule has 1 N–H and O–H groups in total. The van der Waals surface area contributed by atoms with Crippen molar-refractivity contribution in [3.8, 4) is 5.75 Å². The Morgan fingerprint density at radius 1 is 1.19 bits per heavy atom. The van der Waals surface area contributed by atoms with Gasteiger partial charge >= 0.3 is 0 Å². The summed E-state index contributed by atoms with van der Waals surface area (Å²) >= 11 is 3.58. The van der Waals surface area contributed by atoms with E-state index in [1.54, 1.807) is 7.11 Å². The molecule has 0 saturated heterocycles. The van der Waals surface area contributed by atoms with Gasteiger partial charge in [-0.05, 0) is 56.0 Å². The SMILES string of the molecule is CNC(Cc1cc(Br)ccc1OC)C1CCCCCCC1. The van der Waals surface area contributed by atoms with Crippen molar-refractivity contribution in [2.75, 3.05) is 14.2 Å². The highest BCUT2D eigenvalue weighted by Crippen LogP contribution is 2.30. The van der Waals surface area contributed by atoms with Gasteiger partial charge in [0.25, 0.3) is 0 Å². The molecule has 0 aliphatic heterocycles. The minimum Gasteiger partial charge on any atom is -0.496 e. The third-order valence-corrected chi connectivity index (χ3v) is 5.27. The first kappa shape index (κ1) is 16.8. The van der Waals surface area contributed by atoms with Crippen molar-refractivity contribution >= 4 is 15.9 Å². The van der Waals surface area contributed by atoms with Gasteiger partial charge in [-0.2, -0.15) is 0 Å². The summed E-state index contributed by atoms with van der Waals surface area (Å²) < 4.78 is 6.66. The van der Waals surface area contributed by atoms with Crippen molar-refractivity contribution in [2.24, 2.45) is 5.92 Å². The summed E-state index contributed by atoms with van der Waals surface area (Å²) in [6.07, 6.45) is 10.8. The zero-order chi connectivity index (χ0) is 15.1. The number of rotatable bonds is 5. The van der Waals surface area contributed by atoms with E-state index in [0.29, 0.717) is 6.04 Å². The Morgan fingerprint density at radius 3 is 2.48 bits per heavy atom. The molecule has 1 aliphatic rings.